The van der Waals surface area contributed by atoms with E-state index in [0.717, 1.165) is 27.8 Å². The third-order valence-electron chi connectivity index (χ3n) is 7.24. The second-order valence-corrected chi connectivity index (χ2v) is 9.73. The lowest BCUT2D eigenvalue weighted by Crippen LogP contribution is -2.46. The van der Waals surface area contributed by atoms with Crippen LogP contribution in [0.1, 0.15) is 67.3 Å². The minimum Gasteiger partial charge on any atom is -0.454 e. The van der Waals surface area contributed by atoms with Crippen LogP contribution in [0.5, 0.6) is 0 Å². The van der Waals surface area contributed by atoms with Crippen molar-refractivity contribution < 1.29 is 19.1 Å². The van der Waals surface area contributed by atoms with Crippen LogP contribution in [0.2, 0.25) is 0 Å². The Balaban J connectivity index is 1.64. The Labute approximate surface area is 217 Å². The van der Waals surface area contributed by atoms with Crippen LogP contribution < -0.4 is 0 Å². The van der Waals surface area contributed by atoms with Gasteiger partial charge in [0.15, 0.2) is 6.10 Å². The standard InChI is InChI=1S/C33H30O4/c1-21-18-19-22(2)28(20-21)29-27-17-11-10-16-26(27)23(3)30(36-32(34)24-12-6-4-7-13-24)31(29)37-33(35)25-14-8-5-9-15-25/h4-20,23,29-31H,1-3H3. The molecule has 0 radical (unpaired) electrons. The Morgan fingerprint density at radius 2 is 1.11 bits per heavy atom. The van der Waals surface area contributed by atoms with Crippen molar-refractivity contribution in [2.45, 2.75) is 44.8 Å². The monoisotopic (exact) mass is 490 g/mol. The molecule has 0 saturated carbocycles. The average molecular weight is 491 g/mol. The van der Waals surface area contributed by atoms with Crippen molar-refractivity contribution >= 4 is 11.9 Å². The van der Waals surface area contributed by atoms with E-state index in [-0.39, 0.29) is 11.8 Å². The summed E-state index contributed by atoms with van der Waals surface area (Å²) in [4.78, 5) is 26.7. The van der Waals surface area contributed by atoms with E-state index in [4.69, 9.17) is 9.47 Å². The molecule has 0 spiro atoms. The van der Waals surface area contributed by atoms with E-state index in [2.05, 4.69) is 44.2 Å². The smallest absolute Gasteiger partial charge is 0.338 e. The van der Waals surface area contributed by atoms with Crippen LogP contribution in [0.25, 0.3) is 0 Å². The number of fused-ring (bicyclic) bond motifs is 1. The van der Waals surface area contributed by atoms with Crippen molar-refractivity contribution in [2.75, 3.05) is 0 Å². The van der Waals surface area contributed by atoms with Gasteiger partial charge in [0.1, 0.15) is 6.10 Å². The predicted octanol–water partition coefficient (Wildman–Crippen LogP) is 7.00. The fourth-order valence-electron chi connectivity index (χ4n) is 5.31. The van der Waals surface area contributed by atoms with Gasteiger partial charge in [-0.1, -0.05) is 91.3 Å². The number of rotatable bonds is 5. The molecule has 4 aromatic carbocycles. The largest absolute Gasteiger partial charge is 0.454 e. The molecule has 186 valence electrons. The molecule has 0 bridgehead atoms. The van der Waals surface area contributed by atoms with E-state index in [9.17, 15) is 9.59 Å². The Morgan fingerprint density at radius 1 is 0.595 bits per heavy atom. The molecule has 4 nitrogen and oxygen atoms in total. The molecule has 4 unspecified atom stereocenters. The van der Waals surface area contributed by atoms with E-state index in [1.807, 2.05) is 55.5 Å². The number of hydrogen-bond acceptors (Lipinski definition) is 4. The highest BCUT2D eigenvalue weighted by atomic mass is 16.6. The van der Waals surface area contributed by atoms with E-state index < -0.39 is 24.1 Å². The van der Waals surface area contributed by atoms with Crippen LogP contribution in [0.15, 0.2) is 103 Å². The first kappa shape index (κ1) is 24.5. The van der Waals surface area contributed by atoms with Crippen LogP contribution in [0.3, 0.4) is 0 Å². The lowest BCUT2D eigenvalue weighted by molar-refractivity contribution is -0.0532. The summed E-state index contributed by atoms with van der Waals surface area (Å²) in [5, 5.41) is 0. The van der Waals surface area contributed by atoms with Crippen LogP contribution in [0.4, 0.5) is 0 Å². The zero-order chi connectivity index (χ0) is 25.9. The van der Waals surface area contributed by atoms with Gasteiger partial charge in [-0.15, -0.1) is 0 Å². The quantitative estimate of drug-likeness (QED) is 0.283. The van der Waals surface area contributed by atoms with E-state index in [1.54, 1.807) is 24.3 Å². The summed E-state index contributed by atoms with van der Waals surface area (Å²) in [7, 11) is 0. The maximum atomic E-state index is 13.4. The van der Waals surface area contributed by atoms with Gasteiger partial charge in [-0.3, -0.25) is 0 Å². The zero-order valence-electron chi connectivity index (χ0n) is 21.3. The Kier molecular flexibility index (Phi) is 6.91. The summed E-state index contributed by atoms with van der Waals surface area (Å²) in [6.07, 6.45) is -1.40. The fourth-order valence-corrected chi connectivity index (χ4v) is 5.31. The van der Waals surface area contributed by atoms with Crippen molar-refractivity contribution in [1.82, 2.24) is 0 Å². The number of carbonyl (C=O) groups is 2. The number of benzene rings is 4. The van der Waals surface area contributed by atoms with E-state index in [1.165, 1.54) is 0 Å². The molecule has 0 fully saturated rings. The maximum Gasteiger partial charge on any atom is 0.338 e. The average Bonchev–Trinajstić information content (AvgIpc) is 2.93. The minimum absolute atomic E-state index is 0.182. The van der Waals surface area contributed by atoms with Gasteiger partial charge in [0.25, 0.3) is 0 Å². The predicted molar refractivity (Wildman–Crippen MR) is 144 cm³/mol. The second kappa shape index (κ2) is 10.4. The highest BCUT2D eigenvalue weighted by Gasteiger charge is 2.46. The fraction of sp³-hybridized carbons (Fsp3) is 0.212. The van der Waals surface area contributed by atoms with Gasteiger partial charge in [-0.05, 0) is 60.4 Å². The third kappa shape index (κ3) is 4.92. The number of ether oxygens (including phenoxy) is 2. The van der Waals surface area contributed by atoms with Gasteiger partial charge in [0.2, 0.25) is 0 Å². The lowest BCUT2D eigenvalue weighted by Gasteiger charge is -2.42. The normalized spacial score (nSPS) is 20.5. The zero-order valence-corrected chi connectivity index (χ0v) is 21.3. The van der Waals surface area contributed by atoms with Gasteiger partial charge < -0.3 is 9.47 Å². The Morgan fingerprint density at radius 3 is 1.70 bits per heavy atom. The van der Waals surface area contributed by atoms with Crippen molar-refractivity contribution in [3.05, 3.63) is 142 Å². The van der Waals surface area contributed by atoms with Gasteiger partial charge in [-0.2, -0.15) is 0 Å². The van der Waals surface area contributed by atoms with Crippen molar-refractivity contribution in [1.29, 1.82) is 0 Å². The molecule has 1 aliphatic carbocycles. The first-order valence-corrected chi connectivity index (χ1v) is 12.6. The van der Waals surface area contributed by atoms with Crippen molar-refractivity contribution in [3.63, 3.8) is 0 Å². The molecule has 0 saturated heterocycles. The summed E-state index contributed by atoms with van der Waals surface area (Å²) >= 11 is 0. The summed E-state index contributed by atoms with van der Waals surface area (Å²) < 4.78 is 12.5. The molecule has 0 aromatic heterocycles. The van der Waals surface area contributed by atoms with E-state index in [0.29, 0.717) is 11.1 Å². The second-order valence-electron chi connectivity index (χ2n) is 9.73. The third-order valence-corrected chi connectivity index (χ3v) is 7.24. The van der Waals surface area contributed by atoms with Crippen molar-refractivity contribution in [2.24, 2.45) is 0 Å². The molecular formula is C33H30O4. The molecule has 4 atom stereocenters. The highest BCUT2D eigenvalue weighted by Crippen LogP contribution is 2.46. The highest BCUT2D eigenvalue weighted by molar-refractivity contribution is 5.90. The molecular weight excluding hydrogens is 460 g/mol. The van der Waals surface area contributed by atoms with Crippen LogP contribution >= 0.6 is 0 Å². The van der Waals surface area contributed by atoms with Crippen LogP contribution in [-0.2, 0) is 9.47 Å². The molecule has 0 amide bonds. The summed E-state index contributed by atoms with van der Waals surface area (Å²) in [5.41, 5.74) is 6.36. The Bertz CT molecular complexity index is 1410. The minimum atomic E-state index is -0.717. The molecule has 1 aliphatic rings. The Hall–Kier alpha value is -4.18. The van der Waals surface area contributed by atoms with Gasteiger partial charge in [0.05, 0.1) is 17.0 Å². The molecule has 0 N–H and O–H groups in total. The van der Waals surface area contributed by atoms with Crippen molar-refractivity contribution in [3.8, 4) is 0 Å². The summed E-state index contributed by atoms with van der Waals surface area (Å²) in [5.74, 6) is -1.35. The molecule has 0 heterocycles. The summed E-state index contributed by atoms with van der Waals surface area (Å²) in [6.45, 7) is 6.15. The lowest BCUT2D eigenvalue weighted by atomic mass is 9.70. The first-order chi connectivity index (χ1) is 17.9. The van der Waals surface area contributed by atoms with Crippen LogP contribution in [-0.4, -0.2) is 24.1 Å². The van der Waals surface area contributed by atoms with Gasteiger partial charge >= 0.3 is 11.9 Å². The summed E-state index contributed by atoms with van der Waals surface area (Å²) in [6, 6.07) is 32.4. The molecule has 0 aliphatic heterocycles. The van der Waals surface area contributed by atoms with Crippen LogP contribution in [0, 0.1) is 13.8 Å². The topological polar surface area (TPSA) is 52.6 Å². The number of hydrogen-bond donors (Lipinski definition) is 0. The molecule has 5 rings (SSSR count). The molecule has 4 heteroatoms. The molecule has 37 heavy (non-hydrogen) atoms. The number of carbonyl (C=O) groups excluding carboxylic acids is 2. The van der Waals surface area contributed by atoms with E-state index >= 15 is 0 Å². The molecule has 4 aromatic rings. The van der Waals surface area contributed by atoms with Gasteiger partial charge in [-0.25, -0.2) is 9.59 Å². The first-order valence-electron chi connectivity index (χ1n) is 12.6. The maximum absolute atomic E-state index is 13.4. The van der Waals surface area contributed by atoms with Gasteiger partial charge in [0, 0.05) is 5.92 Å². The number of esters is 2. The SMILES string of the molecule is Cc1ccc(C)c(C2c3ccccc3C(C)C(OC(=O)c3ccccc3)C2OC(=O)c2ccccc2)c1. The number of aryl methyl sites for hydroxylation is 2.